The summed E-state index contributed by atoms with van der Waals surface area (Å²) in [7, 11) is 2.96. The SMILES string of the molecule is COc1ncc(/C=C/C(=O)N2CCOC(COc3cncc(Cl)c3)C2)c(OC)n1. The van der Waals surface area contributed by atoms with E-state index in [-0.39, 0.29) is 24.6 Å². The van der Waals surface area contributed by atoms with Gasteiger partial charge in [-0.3, -0.25) is 9.78 Å². The second-order valence-corrected chi connectivity index (χ2v) is 6.52. The molecule has 154 valence electrons. The van der Waals surface area contributed by atoms with Crippen LogP contribution in [0.15, 0.2) is 30.7 Å². The van der Waals surface area contributed by atoms with Gasteiger partial charge in [0.2, 0.25) is 11.8 Å². The highest BCUT2D eigenvalue weighted by Crippen LogP contribution is 2.19. The van der Waals surface area contributed by atoms with Crippen molar-refractivity contribution < 1.29 is 23.7 Å². The summed E-state index contributed by atoms with van der Waals surface area (Å²) in [6.07, 6.45) is 7.45. The predicted molar refractivity (Wildman–Crippen MR) is 105 cm³/mol. The molecule has 1 fully saturated rings. The van der Waals surface area contributed by atoms with Gasteiger partial charge in [0.15, 0.2) is 0 Å². The number of hydrogen-bond donors (Lipinski definition) is 0. The molecule has 1 saturated heterocycles. The maximum Gasteiger partial charge on any atom is 0.319 e. The zero-order valence-electron chi connectivity index (χ0n) is 16.1. The summed E-state index contributed by atoms with van der Waals surface area (Å²) in [6, 6.07) is 1.86. The molecule has 0 radical (unpaired) electrons. The predicted octanol–water partition coefficient (Wildman–Crippen LogP) is 1.86. The number of halogens is 1. The maximum absolute atomic E-state index is 12.6. The van der Waals surface area contributed by atoms with Crippen molar-refractivity contribution in [1.82, 2.24) is 19.9 Å². The Kier molecular flexibility index (Phi) is 7.20. The lowest BCUT2D eigenvalue weighted by molar-refractivity contribution is -0.134. The molecule has 0 aromatic carbocycles. The first-order chi connectivity index (χ1) is 14.1. The van der Waals surface area contributed by atoms with Gasteiger partial charge in [0, 0.05) is 31.1 Å². The van der Waals surface area contributed by atoms with Crippen molar-refractivity contribution in [2.45, 2.75) is 6.10 Å². The van der Waals surface area contributed by atoms with Crippen molar-refractivity contribution >= 4 is 23.6 Å². The molecule has 0 saturated carbocycles. The van der Waals surface area contributed by atoms with Gasteiger partial charge in [-0.15, -0.1) is 0 Å². The van der Waals surface area contributed by atoms with E-state index in [1.165, 1.54) is 32.7 Å². The van der Waals surface area contributed by atoms with Crippen LogP contribution in [0.5, 0.6) is 17.6 Å². The fourth-order valence-corrected chi connectivity index (χ4v) is 2.85. The van der Waals surface area contributed by atoms with E-state index in [0.717, 1.165) is 0 Å². The first-order valence-corrected chi connectivity index (χ1v) is 9.24. The van der Waals surface area contributed by atoms with Gasteiger partial charge in [-0.05, 0) is 6.08 Å². The molecule has 1 atom stereocenters. The minimum atomic E-state index is -0.251. The van der Waals surface area contributed by atoms with E-state index in [4.69, 9.17) is 30.5 Å². The van der Waals surface area contributed by atoms with Gasteiger partial charge < -0.3 is 23.8 Å². The Morgan fingerprint density at radius 3 is 2.97 bits per heavy atom. The van der Waals surface area contributed by atoms with Crippen molar-refractivity contribution in [3.05, 3.63) is 41.3 Å². The topological polar surface area (TPSA) is 95.9 Å². The number of rotatable bonds is 7. The highest BCUT2D eigenvalue weighted by Gasteiger charge is 2.23. The summed E-state index contributed by atoms with van der Waals surface area (Å²) in [5, 5.41) is 0.493. The monoisotopic (exact) mass is 420 g/mol. The van der Waals surface area contributed by atoms with Gasteiger partial charge in [-0.25, -0.2) is 4.98 Å². The van der Waals surface area contributed by atoms with E-state index >= 15 is 0 Å². The second kappa shape index (κ2) is 10.0. The lowest BCUT2D eigenvalue weighted by Gasteiger charge is -2.32. The van der Waals surface area contributed by atoms with Crippen molar-refractivity contribution in [1.29, 1.82) is 0 Å². The highest BCUT2D eigenvalue weighted by atomic mass is 35.5. The first-order valence-electron chi connectivity index (χ1n) is 8.86. The number of nitrogens with zero attached hydrogens (tertiary/aromatic N) is 4. The van der Waals surface area contributed by atoms with Crippen LogP contribution in [0, 0.1) is 0 Å². The van der Waals surface area contributed by atoms with Gasteiger partial charge >= 0.3 is 6.01 Å². The number of methoxy groups -OCH3 is 2. The number of ether oxygens (including phenoxy) is 4. The number of aromatic nitrogens is 3. The molecule has 2 aromatic rings. The summed E-state index contributed by atoms with van der Waals surface area (Å²) < 4.78 is 21.5. The number of carbonyl (C=O) groups excluding carboxylic acids is 1. The van der Waals surface area contributed by atoms with Crippen molar-refractivity contribution in [3.63, 3.8) is 0 Å². The quantitative estimate of drug-likeness (QED) is 0.626. The summed E-state index contributed by atoms with van der Waals surface area (Å²) in [4.78, 5) is 26.3. The van der Waals surface area contributed by atoms with Gasteiger partial charge in [0.05, 0.1) is 44.2 Å². The van der Waals surface area contributed by atoms with Crippen LogP contribution < -0.4 is 14.2 Å². The van der Waals surface area contributed by atoms with Crippen LogP contribution in [-0.2, 0) is 9.53 Å². The Morgan fingerprint density at radius 1 is 1.34 bits per heavy atom. The van der Waals surface area contributed by atoms with Crippen LogP contribution in [0.2, 0.25) is 5.02 Å². The Labute approximate surface area is 173 Å². The molecule has 1 unspecified atom stereocenters. The van der Waals surface area contributed by atoms with Crippen molar-refractivity contribution in [2.75, 3.05) is 40.5 Å². The number of amides is 1. The Morgan fingerprint density at radius 2 is 2.21 bits per heavy atom. The van der Waals surface area contributed by atoms with Crippen LogP contribution in [0.1, 0.15) is 5.56 Å². The average molecular weight is 421 g/mol. The average Bonchev–Trinajstić information content (AvgIpc) is 2.76. The minimum Gasteiger partial charge on any atom is -0.489 e. The van der Waals surface area contributed by atoms with Crippen molar-refractivity contribution in [2.24, 2.45) is 0 Å². The van der Waals surface area contributed by atoms with Crippen LogP contribution >= 0.6 is 11.6 Å². The fourth-order valence-electron chi connectivity index (χ4n) is 2.68. The molecule has 29 heavy (non-hydrogen) atoms. The molecule has 3 heterocycles. The summed E-state index contributed by atoms with van der Waals surface area (Å²) in [5.41, 5.74) is 0.572. The summed E-state index contributed by atoms with van der Waals surface area (Å²) >= 11 is 5.90. The number of morpholine rings is 1. The molecule has 2 aromatic heterocycles. The highest BCUT2D eigenvalue weighted by molar-refractivity contribution is 6.30. The Hall–Kier alpha value is -2.91. The van der Waals surface area contributed by atoms with Crippen LogP contribution in [-0.4, -0.2) is 72.4 Å². The van der Waals surface area contributed by atoms with E-state index in [1.54, 1.807) is 23.2 Å². The van der Waals surface area contributed by atoms with Crippen LogP contribution in [0.3, 0.4) is 0 Å². The van der Waals surface area contributed by atoms with E-state index in [0.29, 0.717) is 41.9 Å². The van der Waals surface area contributed by atoms with E-state index in [9.17, 15) is 4.79 Å². The minimum absolute atomic E-state index is 0.152. The molecule has 0 spiro atoms. The van der Waals surface area contributed by atoms with E-state index in [1.807, 2.05) is 0 Å². The largest absolute Gasteiger partial charge is 0.489 e. The third-order valence-corrected chi connectivity index (χ3v) is 4.31. The van der Waals surface area contributed by atoms with Gasteiger partial charge in [-0.2, -0.15) is 4.98 Å². The van der Waals surface area contributed by atoms with Gasteiger partial charge in [-0.1, -0.05) is 11.6 Å². The lowest BCUT2D eigenvalue weighted by Crippen LogP contribution is -2.47. The molecule has 0 N–H and O–H groups in total. The molecule has 0 aliphatic carbocycles. The van der Waals surface area contributed by atoms with Crippen molar-refractivity contribution in [3.8, 4) is 17.6 Å². The maximum atomic E-state index is 12.6. The molecule has 3 rings (SSSR count). The molecule has 1 aliphatic rings. The first kappa shape index (κ1) is 20.8. The number of hydrogen-bond acceptors (Lipinski definition) is 8. The molecular formula is C19H21ClN4O5. The van der Waals surface area contributed by atoms with E-state index in [2.05, 4.69) is 15.0 Å². The van der Waals surface area contributed by atoms with Crippen LogP contribution in [0.25, 0.3) is 6.08 Å². The number of carbonyl (C=O) groups is 1. The Bertz CT molecular complexity index is 879. The second-order valence-electron chi connectivity index (χ2n) is 6.08. The summed E-state index contributed by atoms with van der Waals surface area (Å²) in [5.74, 6) is 0.723. The fraction of sp³-hybridized carbons (Fsp3) is 0.368. The number of pyridine rings is 1. The lowest BCUT2D eigenvalue weighted by atomic mass is 10.2. The molecule has 9 nitrogen and oxygen atoms in total. The van der Waals surface area contributed by atoms with Gasteiger partial charge in [0.25, 0.3) is 0 Å². The standard InChI is InChI=1S/C19H21ClN4O5/c1-26-18-13(8-22-19(23-18)27-2)3-4-17(25)24-5-6-28-16(11-24)12-29-15-7-14(20)9-21-10-15/h3-4,7-10,16H,5-6,11-12H2,1-2H3/b4-3+. The van der Waals surface area contributed by atoms with Gasteiger partial charge in [0.1, 0.15) is 18.5 Å². The molecule has 0 bridgehead atoms. The third-order valence-electron chi connectivity index (χ3n) is 4.11. The molecule has 10 heteroatoms. The summed E-state index contributed by atoms with van der Waals surface area (Å²) in [6.45, 7) is 1.62. The van der Waals surface area contributed by atoms with E-state index < -0.39 is 0 Å². The third kappa shape index (κ3) is 5.78. The molecule has 1 amide bonds. The smallest absolute Gasteiger partial charge is 0.319 e. The molecular weight excluding hydrogens is 400 g/mol. The molecule has 1 aliphatic heterocycles. The van der Waals surface area contributed by atoms with Crippen LogP contribution in [0.4, 0.5) is 0 Å². The normalized spacial score (nSPS) is 16.7. The Balaban J connectivity index is 1.57. The zero-order chi connectivity index (χ0) is 20.6. The zero-order valence-corrected chi connectivity index (χ0v) is 16.8.